The summed E-state index contributed by atoms with van der Waals surface area (Å²) in [5, 5.41) is 118. The van der Waals surface area contributed by atoms with Crippen LogP contribution in [0.25, 0.3) is 0 Å². The quantitative estimate of drug-likeness (QED) is 0.0275. The van der Waals surface area contributed by atoms with Crippen LogP contribution in [0, 0.1) is 0 Å². The van der Waals surface area contributed by atoms with Gasteiger partial charge < -0.3 is 95.3 Å². The summed E-state index contributed by atoms with van der Waals surface area (Å²) in [4.78, 5) is 23.5. The molecular formula is C31H57N3O19S. The molecule has 0 spiro atoms. The summed E-state index contributed by atoms with van der Waals surface area (Å²) < 4.78 is 33.3. The van der Waals surface area contributed by atoms with Crippen LogP contribution in [0.1, 0.15) is 38.5 Å². The molecule has 0 aromatic rings. The number of thiol groups is 1. The van der Waals surface area contributed by atoms with Crippen molar-refractivity contribution in [3.8, 4) is 0 Å². The molecule has 9 unspecified atom stereocenters. The molecule has 3 rings (SSSR count). The van der Waals surface area contributed by atoms with E-state index in [1.807, 2.05) is 5.48 Å². The number of unbranched alkanes of at least 4 members (excludes halogenated alkanes) is 3. The molecule has 0 aromatic carbocycles. The number of carbonyl (C=O) groups excluding carboxylic acids is 2. The van der Waals surface area contributed by atoms with Gasteiger partial charge in [-0.15, -0.1) is 0 Å². The van der Waals surface area contributed by atoms with Crippen LogP contribution in [0.15, 0.2) is 0 Å². The standard InChI is InChI=1S/C31H57N3O19S/c35-10-15-19(39)20(40)23(43)30(49-15)52-27-17(12-37)51-31(25(45)22(27)42)53-26-16(11-36)50-29(24(44)21(26)41)48-9-4-2-1-3-6-14(34-47)28(46)33-8-5-7-32-18(38)13-54/h14-17,19-27,29-31,34-37,39-45,47,54H,1-13H2,(H,32,38)(H,33,46)/t14-,15?,16?,17?,19-,20?,21?,22?,23?,24?,25?,26+,27-,29+,30+,31-/m0/s1. The van der Waals surface area contributed by atoms with E-state index in [0.29, 0.717) is 51.6 Å². The van der Waals surface area contributed by atoms with Crippen molar-refractivity contribution in [2.75, 3.05) is 45.3 Å². The Labute approximate surface area is 316 Å². The Hall–Kier alpha value is -1.43. The van der Waals surface area contributed by atoms with E-state index >= 15 is 0 Å². The first-order valence-electron chi connectivity index (χ1n) is 17.9. The molecule has 16 atom stereocenters. The molecule has 3 aliphatic rings. The maximum atomic E-state index is 12.3. The molecule has 23 heteroatoms. The fourth-order valence-corrected chi connectivity index (χ4v) is 6.26. The molecule has 0 aromatic heterocycles. The molecule has 3 aliphatic heterocycles. The fraction of sp³-hybridized carbons (Fsp3) is 0.935. The number of hydrogen-bond acceptors (Lipinski definition) is 21. The third-order valence-corrected chi connectivity index (χ3v) is 9.62. The molecule has 14 N–H and O–H groups in total. The van der Waals surface area contributed by atoms with Crippen LogP contribution in [0.2, 0.25) is 0 Å². The van der Waals surface area contributed by atoms with E-state index in [1.54, 1.807) is 0 Å². The van der Waals surface area contributed by atoms with Gasteiger partial charge in [0.05, 0.1) is 25.6 Å². The van der Waals surface area contributed by atoms with Gasteiger partial charge in [-0.05, 0) is 19.3 Å². The highest BCUT2D eigenvalue weighted by molar-refractivity contribution is 7.81. The normalized spacial score (nSPS) is 37.8. The molecule has 3 saturated heterocycles. The summed E-state index contributed by atoms with van der Waals surface area (Å²) in [6.45, 7) is -1.58. The van der Waals surface area contributed by atoms with Gasteiger partial charge in [0.25, 0.3) is 0 Å². The lowest BCUT2D eigenvalue weighted by atomic mass is 9.96. The van der Waals surface area contributed by atoms with Crippen LogP contribution in [0.5, 0.6) is 0 Å². The van der Waals surface area contributed by atoms with Gasteiger partial charge in [0.2, 0.25) is 11.8 Å². The van der Waals surface area contributed by atoms with E-state index < -0.39 is 118 Å². The Balaban J connectivity index is 1.43. The number of carbonyl (C=O) groups is 2. The second-order valence-corrected chi connectivity index (χ2v) is 13.5. The summed E-state index contributed by atoms with van der Waals surface area (Å²) in [5.41, 5.74) is 2.00. The molecule has 0 radical (unpaired) electrons. The lowest BCUT2D eigenvalue weighted by molar-refractivity contribution is -0.379. The van der Waals surface area contributed by atoms with E-state index in [4.69, 9.17) is 28.4 Å². The zero-order valence-corrected chi connectivity index (χ0v) is 30.5. The lowest BCUT2D eigenvalue weighted by Gasteiger charge is -2.48. The van der Waals surface area contributed by atoms with Gasteiger partial charge >= 0.3 is 0 Å². The minimum absolute atomic E-state index is 0.0714. The summed E-state index contributed by atoms with van der Waals surface area (Å²) in [5.74, 6) is -0.528. The molecule has 0 saturated carbocycles. The van der Waals surface area contributed by atoms with E-state index in [1.165, 1.54) is 0 Å². The smallest absolute Gasteiger partial charge is 0.239 e. The fourth-order valence-electron chi connectivity index (χ4n) is 6.15. The van der Waals surface area contributed by atoms with Crippen LogP contribution in [0.3, 0.4) is 0 Å². The van der Waals surface area contributed by atoms with Crippen molar-refractivity contribution in [1.82, 2.24) is 16.1 Å². The van der Waals surface area contributed by atoms with Crippen LogP contribution < -0.4 is 16.1 Å². The average Bonchev–Trinajstić information content (AvgIpc) is 3.17. The first-order valence-corrected chi connectivity index (χ1v) is 18.5. The topological polar surface area (TPSA) is 348 Å². The first-order chi connectivity index (χ1) is 25.8. The molecule has 3 fully saturated rings. The van der Waals surface area contributed by atoms with Gasteiger partial charge in [-0.2, -0.15) is 18.1 Å². The van der Waals surface area contributed by atoms with Gasteiger partial charge in [0.1, 0.15) is 79.3 Å². The van der Waals surface area contributed by atoms with Gasteiger partial charge in [-0.25, -0.2) is 0 Å². The monoisotopic (exact) mass is 807 g/mol. The predicted molar refractivity (Wildman–Crippen MR) is 181 cm³/mol. The average molecular weight is 808 g/mol. The highest BCUT2D eigenvalue weighted by atomic mass is 32.1. The molecule has 22 nitrogen and oxygen atoms in total. The highest BCUT2D eigenvalue weighted by Gasteiger charge is 2.53. The second-order valence-electron chi connectivity index (χ2n) is 13.2. The van der Waals surface area contributed by atoms with Crippen LogP contribution in [-0.2, 0) is 38.0 Å². The molecule has 0 bridgehead atoms. The van der Waals surface area contributed by atoms with E-state index in [9.17, 15) is 65.9 Å². The van der Waals surface area contributed by atoms with E-state index in [0.717, 1.165) is 0 Å². The summed E-state index contributed by atoms with van der Waals surface area (Å²) in [6, 6.07) is -0.824. The van der Waals surface area contributed by atoms with Gasteiger partial charge in [-0.1, -0.05) is 19.3 Å². The Morgan fingerprint density at radius 2 is 1.11 bits per heavy atom. The number of amides is 2. The van der Waals surface area contributed by atoms with Crippen molar-refractivity contribution in [2.24, 2.45) is 0 Å². The highest BCUT2D eigenvalue weighted by Crippen LogP contribution is 2.32. The number of hydroxylamine groups is 1. The number of aliphatic hydroxyl groups is 10. The molecular weight excluding hydrogens is 750 g/mol. The van der Waals surface area contributed by atoms with Crippen molar-refractivity contribution in [3.63, 3.8) is 0 Å². The van der Waals surface area contributed by atoms with Gasteiger partial charge in [0, 0.05) is 19.7 Å². The van der Waals surface area contributed by atoms with Crippen LogP contribution in [0.4, 0.5) is 0 Å². The SMILES string of the molecule is O=C(CS)NCCCNC(=O)[C@H](CCCCCCO[C@@H]1OC(CO)[C@@H](O[C@@H]2OC(CO)[C@H](O[C@H]3OC(CO)[C@H](O)C(O)C3O)C(O)C2O)C(O)C1O)NO. The zero-order valence-electron chi connectivity index (χ0n) is 29.6. The predicted octanol–water partition coefficient (Wildman–Crippen LogP) is -6.70. The van der Waals surface area contributed by atoms with E-state index in [2.05, 4.69) is 23.3 Å². The molecule has 54 heavy (non-hydrogen) atoms. The lowest BCUT2D eigenvalue weighted by Crippen LogP contribution is -2.66. The maximum absolute atomic E-state index is 12.3. The van der Waals surface area contributed by atoms with Crippen molar-refractivity contribution in [1.29, 1.82) is 0 Å². The van der Waals surface area contributed by atoms with Crippen molar-refractivity contribution in [2.45, 2.75) is 137 Å². The van der Waals surface area contributed by atoms with Gasteiger partial charge in [0.15, 0.2) is 18.9 Å². The molecule has 0 aliphatic carbocycles. The third-order valence-electron chi connectivity index (χ3n) is 9.33. The Morgan fingerprint density at radius 3 is 1.67 bits per heavy atom. The maximum Gasteiger partial charge on any atom is 0.239 e. The van der Waals surface area contributed by atoms with Crippen LogP contribution in [-0.4, -0.2) is 212 Å². The number of rotatable bonds is 22. The van der Waals surface area contributed by atoms with Gasteiger partial charge in [-0.3, -0.25) is 9.59 Å². The first kappa shape index (κ1) is 46.9. The minimum Gasteiger partial charge on any atom is -0.394 e. The number of nitrogens with one attached hydrogen (secondary N) is 3. The molecule has 2 amide bonds. The second kappa shape index (κ2) is 23.7. The van der Waals surface area contributed by atoms with Crippen LogP contribution >= 0.6 is 12.6 Å². The summed E-state index contributed by atoms with van der Waals surface area (Å²) >= 11 is 3.86. The van der Waals surface area contributed by atoms with E-state index in [-0.39, 0.29) is 24.2 Å². The minimum atomic E-state index is -1.94. The summed E-state index contributed by atoms with van der Waals surface area (Å²) in [6.07, 6.45) is -21.6. The van der Waals surface area contributed by atoms with Crippen molar-refractivity contribution >= 4 is 24.4 Å². The largest absolute Gasteiger partial charge is 0.394 e. The molecule has 3 heterocycles. The zero-order chi connectivity index (χ0) is 39.9. The Kier molecular flexibility index (Phi) is 20.6. The summed E-state index contributed by atoms with van der Waals surface area (Å²) in [7, 11) is 0. The molecule has 316 valence electrons. The third kappa shape index (κ3) is 12.8. The number of ether oxygens (including phenoxy) is 6. The Bertz CT molecular complexity index is 1100. The van der Waals surface area contributed by atoms with Crippen molar-refractivity contribution in [3.05, 3.63) is 0 Å². The Morgan fingerprint density at radius 1 is 0.611 bits per heavy atom. The van der Waals surface area contributed by atoms with Crippen molar-refractivity contribution < 1.29 is 94.3 Å². The number of hydrogen-bond donors (Lipinski definition) is 15. The number of aliphatic hydroxyl groups excluding tert-OH is 10.